The highest BCUT2D eigenvalue weighted by Crippen LogP contribution is 2.65. The van der Waals surface area contributed by atoms with E-state index < -0.39 is 10.8 Å². The van der Waals surface area contributed by atoms with Crippen LogP contribution in [0.25, 0.3) is 0 Å². The standard InChI is InChI=1S/C21H25BrN2O5/c1-13-2-3-16(24(27)28)5-17(13)23-18(25)11-29-19(26)10-20-6-14-4-15(7-20)9-21(22,8-14)12-20/h2-3,5,14-15H,4,6-12H2,1H3,(H,23,25). The molecule has 1 amide bonds. The number of anilines is 1. The largest absolute Gasteiger partial charge is 0.456 e. The van der Waals surface area contributed by atoms with Crippen LogP contribution in [0.3, 0.4) is 0 Å². The average molecular weight is 465 g/mol. The zero-order valence-electron chi connectivity index (χ0n) is 16.4. The molecule has 29 heavy (non-hydrogen) atoms. The number of nitro benzene ring substituents is 1. The van der Waals surface area contributed by atoms with E-state index >= 15 is 0 Å². The number of esters is 1. The molecule has 4 fully saturated rings. The Hall–Kier alpha value is -1.96. The van der Waals surface area contributed by atoms with Gasteiger partial charge in [0.2, 0.25) is 0 Å². The number of benzene rings is 1. The van der Waals surface area contributed by atoms with Gasteiger partial charge in [0.1, 0.15) is 0 Å². The Morgan fingerprint density at radius 2 is 1.97 bits per heavy atom. The molecule has 0 aliphatic heterocycles. The summed E-state index contributed by atoms with van der Waals surface area (Å²) in [6, 6.07) is 4.26. The number of nitrogens with zero attached hydrogens (tertiary/aromatic N) is 1. The topological polar surface area (TPSA) is 98.5 Å². The van der Waals surface area contributed by atoms with E-state index in [1.165, 1.54) is 31.4 Å². The summed E-state index contributed by atoms with van der Waals surface area (Å²) >= 11 is 3.94. The lowest BCUT2D eigenvalue weighted by atomic mass is 9.49. The molecule has 1 aromatic rings. The summed E-state index contributed by atoms with van der Waals surface area (Å²) in [6.45, 7) is 1.36. The van der Waals surface area contributed by atoms with Crippen LogP contribution in [0.1, 0.15) is 50.5 Å². The SMILES string of the molecule is Cc1ccc([N+](=O)[O-])cc1NC(=O)COC(=O)CC12CC3CC(CC(Br)(C3)C1)C2. The fraction of sp³-hybridized carbons (Fsp3) is 0.619. The van der Waals surface area contributed by atoms with E-state index in [0.717, 1.165) is 19.3 Å². The number of carbonyl (C=O) groups is 2. The van der Waals surface area contributed by atoms with Crippen molar-refractivity contribution >= 4 is 39.2 Å². The number of non-ortho nitro benzene ring substituents is 1. The maximum Gasteiger partial charge on any atom is 0.306 e. The van der Waals surface area contributed by atoms with Crippen LogP contribution in [0.5, 0.6) is 0 Å². The van der Waals surface area contributed by atoms with Gasteiger partial charge < -0.3 is 10.1 Å². The number of nitrogens with one attached hydrogen (secondary N) is 1. The van der Waals surface area contributed by atoms with E-state index in [0.29, 0.717) is 29.5 Å². The van der Waals surface area contributed by atoms with Gasteiger partial charge in [-0.2, -0.15) is 0 Å². The summed E-state index contributed by atoms with van der Waals surface area (Å²) in [5.41, 5.74) is 0.944. The second-order valence-corrected chi connectivity index (χ2v) is 10.9. The molecule has 1 aromatic carbocycles. The van der Waals surface area contributed by atoms with Crippen LogP contribution < -0.4 is 5.32 Å². The summed E-state index contributed by atoms with van der Waals surface area (Å²) in [6.07, 6.45) is 7.18. The molecule has 4 aliphatic rings. The molecule has 4 bridgehead atoms. The number of halogens is 1. The van der Waals surface area contributed by atoms with Gasteiger partial charge in [-0.15, -0.1) is 0 Å². The first-order valence-electron chi connectivity index (χ1n) is 10.0. The van der Waals surface area contributed by atoms with E-state index in [-0.39, 0.29) is 28.0 Å². The van der Waals surface area contributed by atoms with Crippen LogP contribution in [0, 0.1) is 34.3 Å². The lowest BCUT2D eigenvalue weighted by Crippen LogP contribution is -2.53. The Labute approximate surface area is 177 Å². The van der Waals surface area contributed by atoms with Crippen LogP contribution >= 0.6 is 15.9 Å². The average Bonchev–Trinajstić information content (AvgIpc) is 2.59. The van der Waals surface area contributed by atoms with Crippen LogP contribution in [0.4, 0.5) is 11.4 Å². The van der Waals surface area contributed by atoms with Crippen molar-refractivity contribution in [2.75, 3.05) is 11.9 Å². The molecular weight excluding hydrogens is 440 g/mol. The molecule has 7 nitrogen and oxygen atoms in total. The molecule has 8 heteroatoms. The van der Waals surface area contributed by atoms with Gasteiger partial charge in [0.15, 0.2) is 6.61 Å². The lowest BCUT2D eigenvalue weighted by molar-refractivity contribution is -0.384. The van der Waals surface area contributed by atoms with Crippen molar-refractivity contribution in [2.24, 2.45) is 17.3 Å². The van der Waals surface area contributed by atoms with Crippen molar-refractivity contribution in [3.8, 4) is 0 Å². The Morgan fingerprint density at radius 3 is 2.59 bits per heavy atom. The predicted molar refractivity (Wildman–Crippen MR) is 111 cm³/mol. The molecule has 156 valence electrons. The Morgan fingerprint density at radius 1 is 1.28 bits per heavy atom. The number of aryl methyl sites for hydroxylation is 1. The van der Waals surface area contributed by atoms with E-state index in [1.54, 1.807) is 13.0 Å². The Bertz CT molecular complexity index is 857. The number of hydrogen-bond donors (Lipinski definition) is 1. The van der Waals surface area contributed by atoms with Crippen molar-refractivity contribution in [1.29, 1.82) is 0 Å². The van der Waals surface area contributed by atoms with E-state index in [2.05, 4.69) is 21.2 Å². The van der Waals surface area contributed by atoms with Crippen molar-refractivity contribution in [2.45, 2.75) is 56.2 Å². The molecule has 0 heterocycles. The summed E-state index contributed by atoms with van der Waals surface area (Å²) in [5.74, 6) is 0.533. The van der Waals surface area contributed by atoms with Crippen LogP contribution in [-0.2, 0) is 14.3 Å². The number of amides is 1. The third kappa shape index (κ3) is 4.32. The third-order valence-electron chi connectivity index (χ3n) is 6.70. The second-order valence-electron chi connectivity index (χ2n) is 9.25. The van der Waals surface area contributed by atoms with E-state index in [9.17, 15) is 19.7 Å². The minimum Gasteiger partial charge on any atom is -0.456 e. The molecule has 4 aliphatic carbocycles. The van der Waals surface area contributed by atoms with Crippen LogP contribution in [0.2, 0.25) is 0 Å². The summed E-state index contributed by atoms with van der Waals surface area (Å²) < 4.78 is 5.44. The molecule has 0 saturated heterocycles. The van der Waals surface area contributed by atoms with Gasteiger partial charge in [-0.25, -0.2) is 0 Å². The van der Waals surface area contributed by atoms with Crippen molar-refractivity contribution in [3.05, 3.63) is 33.9 Å². The normalized spacial score (nSPS) is 32.1. The van der Waals surface area contributed by atoms with Gasteiger partial charge in [-0.05, 0) is 68.3 Å². The highest BCUT2D eigenvalue weighted by molar-refractivity contribution is 9.10. The highest BCUT2D eigenvalue weighted by atomic mass is 79.9. The number of nitro groups is 1. The number of ether oxygens (including phenoxy) is 1. The number of carbonyl (C=O) groups excluding carboxylic acids is 2. The van der Waals surface area contributed by atoms with Gasteiger partial charge in [-0.3, -0.25) is 19.7 Å². The fourth-order valence-electron chi connectivity index (χ4n) is 6.09. The lowest BCUT2D eigenvalue weighted by Gasteiger charge is -2.60. The molecule has 2 unspecified atom stereocenters. The number of hydrogen-bond acceptors (Lipinski definition) is 5. The van der Waals surface area contributed by atoms with E-state index in [4.69, 9.17) is 4.74 Å². The van der Waals surface area contributed by atoms with Gasteiger partial charge in [0.05, 0.1) is 17.0 Å². The van der Waals surface area contributed by atoms with Crippen molar-refractivity contribution < 1.29 is 19.2 Å². The van der Waals surface area contributed by atoms with Crippen molar-refractivity contribution in [1.82, 2.24) is 0 Å². The van der Waals surface area contributed by atoms with Gasteiger partial charge >= 0.3 is 5.97 Å². The predicted octanol–water partition coefficient (Wildman–Crippen LogP) is 4.51. The first kappa shape index (κ1) is 20.3. The minimum absolute atomic E-state index is 0.00221. The molecule has 0 aromatic heterocycles. The molecule has 5 rings (SSSR count). The van der Waals surface area contributed by atoms with Crippen LogP contribution in [-0.4, -0.2) is 27.7 Å². The zero-order valence-corrected chi connectivity index (χ0v) is 18.0. The number of alkyl halides is 1. The summed E-state index contributed by atoms with van der Waals surface area (Å²) in [4.78, 5) is 35.1. The molecule has 0 spiro atoms. The maximum absolute atomic E-state index is 12.5. The third-order valence-corrected chi connectivity index (χ3v) is 7.63. The minimum atomic E-state index is -0.517. The van der Waals surface area contributed by atoms with E-state index in [1.807, 2.05) is 0 Å². The maximum atomic E-state index is 12.5. The second kappa shape index (κ2) is 7.38. The van der Waals surface area contributed by atoms with Gasteiger partial charge in [0.25, 0.3) is 11.6 Å². The Balaban J connectivity index is 1.32. The van der Waals surface area contributed by atoms with Crippen molar-refractivity contribution in [3.63, 3.8) is 0 Å². The molecule has 4 saturated carbocycles. The summed E-state index contributed by atoms with van der Waals surface area (Å²) in [5, 5.41) is 13.5. The van der Waals surface area contributed by atoms with Gasteiger partial charge in [-0.1, -0.05) is 22.0 Å². The molecule has 2 atom stereocenters. The molecular formula is C21H25BrN2O5. The smallest absolute Gasteiger partial charge is 0.306 e. The molecule has 0 radical (unpaired) electrons. The van der Waals surface area contributed by atoms with Crippen LogP contribution in [0.15, 0.2) is 18.2 Å². The Kier molecular flexibility index (Phi) is 5.17. The zero-order chi connectivity index (χ0) is 20.8. The first-order valence-corrected chi connectivity index (χ1v) is 10.8. The quantitative estimate of drug-likeness (QED) is 0.289. The highest BCUT2D eigenvalue weighted by Gasteiger charge is 2.57. The number of rotatable bonds is 6. The monoisotopic (exact) mass is 464 g/mol. The van der Waals surface area contributed by atoms with Gasteiger partial charge in [0, 0.05) is 16.5 Å². The molecule has 1 N–H and O–H groups in total. The fourth-order valence-corrected chi connectivity index (χ4v) is 7.60. The summed E-state index contributed by atoms with van der Waals surface area (Å²) in [7, 11) is 0. The first-order chi connectivity index (χ1) is 13.7.